The molecule has 162 valence electrons. The molecule has 4 rings (SSSR count). The van der Waals surface area contributed by atoms with Crippen molar-refractivity contribution in [1.29, 1.82) is 0 Å². The van der Waals surface area contributed by atoms with Gasteiger partial charge in [0.15, 0.2) is 11.5 Å². The third-order valence-corrected chi connectivity index (χ3v) is 6.28. The van der Waals surface area contributed by atoms with Gasteiger partial charge in [-0.25, -0.2) is 4.68 Å². The van der Waals surface area contributed by atoms with Crippen LogP contribution in [0.5, 0.6) is 11.5 Å². The van der Waals surface area contributed by atoms with Crippen LogP contribution in [-0.4, -0.2) is 40.5 Å². The molecule has 1 N–H and O–H groups in total. The van der Waals surface area contributed by atoms with Gasteiger partial charge < -0.3 is 14.6 Å². The molecule has 3 aromatic rings. The zero-order valence-corrected chi connectivity index (χ0v) is 18.5. The van der Waals surface area contributed by atoms with Crippen LogP contribution in [0.3, 0.4) is 0 Å². The van der Waals surface area contributed by atoms with Crippen LogP contribution in [0.4, 0.5) is 0 Å². The van der Waals surface area contributed by atoms with Crippen molar-refractivity contribution >= 4 is 5.78 Å². The summed E-state index contributed by atoms with van der Waals surface area (Å²) in [4.78, 5) is 12.8. The molecule has 0 saturated carbocycles. The fourth-order valence-electron chi connectivity index (χ4n) is 4.98. The maximum Gasteiger partial charge on any atom is 0.161 e. The number of aromatic nitrogens is 2. The first kappa shape index (κ1) is 21.1. The van der Waals surface area contributed by atoms with Crippen LogP contribution in [0, 0.1) is 12.8 Å². The molecule has 0 radical (unpaired) electrons. The highest BCUT2D eigenvalue weighted by molar-refractivity contribution is 5.82. The van der Waals surface area contributed by atoms with Crippen LogP contribution in [0.1, 0.15) is 42.3 Å². The number of benzene rings is 2. The van der Waals surface area contributed by atoms with Gasteiger partial charge in [0.1, 0.15) is 5.78 Å². The number of rotatable bonds is 5. The Hall–Kier alpha value is -3.12. The van der Waals surface area contributed by atoms with E-state index in [1.807, 2.05) is 60.1 Å². The predicted octanol–water partition coefficient (Wildman–Crippen LogP) is 3.84. The molecule has 0 aliphatic heterocycles. The van der Waals surface area contributed by atoms with Crippen molar-refractivity contribution in [2.75, 3.05) is 14.2 Å². The number of carbonyl (C=O) groups excluding carboxylic acids is 1. The highest BCUT2D eigenvalue weighted by atomic mass is 16.5. The molecule has 0 amide bonds. The minimum absolute atomic E-state index is 0.0534. The summed E-state index contributed by atoms with van der Waals surface area (Å²) in [7, 11) is 3.18. The molecule has 0 bridgehead atoms. The fraction of sp³-hybridized carbons (Fsp3) is 0.360. The van der Waals surface area contributed by atoms with Gasteiger partial charge in [-0.3, -0.25) is 4.79 Å². The van der Waals surface area contributed by atoms with Gasteiger partial charge in [0.2, 0.25) is 0 Å². The molecule has 1 heterocycles. The van der Waals surface area contributed by atoms with E-state index in [0.717, 1.165) is 28.2 Å². The summed E-state index contributed by atoms with van der Waals surface area (Å²) in [5.41, 5.74) is 3.36. The maximum absolute atomic E-state index is 12.8. The van der Waals surface area contributed by atoms with Crippen LogP contribution >= 0.6 is 0 Å². The highest BCUT2D eigenvalue weighted by Crippen LogP contribution is 2.48. The Bertz CT molecular complexity index is 1120. The molecular weight excluding hydrogens is 392 g/mol. The normalized spacial score (nSPS) is 22.6. The Balaban J connectivity index is 1.96. The molecule has 6 heteroatoms. The highest BCUT2D eigenvalue weighted by Gasteiger charge is 2.49. The lowest BCUT2D eigenvalue weighted by atomic mass is 9.64. The molecule has 3 atom stereocenters. The molecule has 6 nitrogen and oxygen atoms in total. The third-order valence-electron chi connectivity index (χ3n) is 6.28. The Morgan fingerprint density at radius 1 is 1.13 bits per heavy atom. The lowest BCUT2D eigenvalue weighted by molar-refractivity contribution is -0.130. The number of methoxy groups -OCH3 is 2. The SMILES string of the molecule is COc1ccc([C@@H]2c3c(nn(-c4ccccc4)c3C)C[C@@](C)(O)[C@H]2C(C)=O)cc1OC. The Morgan fingerprint density at radius 3 is 2.42 bits per heavy atom. The fourth-order valence-corrected chi connectivity index (χ4v) is 4.98. The zero-order chi connectivity index (χ0) is 22.3. The second-order valence-corrected chi connectivity index (χ2v) is 8.41. The van der Waals surface area contributed by atoms with E-state index in [9.17, 15) is 9.90 Å². The summed E-state index contributed by atoms with van der Waals surface area (Å²) < 4.78 is 12.8. The topological polar surface area (TPSA) is 73.6 Å². The third kappa shape index (κ3) is 3.51. The van der Waals surface area contributed by atoms with Crippen LogP contribution in [-0.2, 0) is 11.2 Å². The number of ketones is 1. The zero-order valence-electron chi connectivity index (χ0n) is 18.5. The van der Waals surface area contributed by atoms with Crippen molar-refractivity contribution in [2.45, 2.75) is 38.7 Å². The van der Waals surface area contributed by atoms with Crippen molar-refractivity contribution in [1.82, 2.24) is 9.78 Å². The number of fused-ring (bicyclic) bond motifs is 1. The van der Waals surface area contributed by atoms with E-state index in [4.69, 9.17) is 14.6 Å². The van der Waals surface area contributed by atoms with Gasteiger partial charge >= 0.3 is 0 Å². The molecule has 0 unspecified atom stereocenters. The van der Waals surface area contributed by atoms with E-state index >= 15 is 0 Å². The Morgan fingerprint density at radius 2 is 1.81 bits per heavy atom. The van der Waals surface area contributed by atoms with Crippen molar-refractivity contribution in [3.63, 3.8) is 0 Å². The standard InChI is InChI=1S/C25H28N2O4/c1-15-22-19(26-27(15)18-9-7-6-8-10-18)14-25(3,29)24(16(2)28)23(22)17-11-12-20(30-4)21(13-17)31-5/h6-13,23-24,29H,14H2,1-5H3/t23-,24+,25-/m1/s1. The van der Waals surface area contributed by atoms with Gasteiger partial charge in [-0.05, 0) is 50.6 Å². The summed E-state index contributed by atoms with van der Waals surface area (Å²) in [6.45, 7) is 5.30. The number of nitrogens with zero attached hydrogens (tertiary/aromatic N) is 2. The lowest BCUT2D eigenvalue weighted by Gasteiger charge is -2.41. The van der Waals surface area contributed by atoms with Crippen molar-refractivity contribution in [3.8, 4) is 17.2 Å². The summed E-state index contributed by atoms with van der Waals surface area (Å²) in [5, 5.41) is 16.2. The number of carbonyl (C=O) groups is 1. The molecule has 0 fully saturated rings. The average molecular weight is 421 g/mol. The summed E-state index contributed by atoms with van der Waals surface area (Å²) in [5.74, 6) is 0.188. The first-order chi connectivity index (χ1) is 14.8. The minimum atomic E-state index is -1.22. The second kappa shape index (κ2) is 7.85. The van der Waals surface area contributed by atoms with Crippen molar-refractivity contribution < 1.29 is 19.4 Å². The van der Waals surface area contributed by atoms with Crippen LogP contribution in [0.15, 0.2) is 48.5 Å². The quantitative estimate of drug-likeness (QED) is 0.679. The molecule has 1 aliphatic carbocycles. The first-order valence-electron chi connectivity index (χ1n) is 10.4. The lowest BCUT2D eigenvalue weighted by Crippen LogP contribution is -2.48. The number of hydrogen-bond acceptors (Lipinski definition) is 5. The van der Waals surface area contributed by atoms with E-state index < -0.39 is 11.5 Å². The second-order valence-electron chi connectivity index (χ2n) is 8.41. The van der Waals surface area contributed by atoms with Gasteiger partial charge in [-0.1, -0.05) is 24.3 Å². The molecule has 1 aromatic heterocycles. The number of para-hydroxylation sites is 1. The number of ether oxygens (including phenoxy) is 2. The smallest absolute Gasteiger partial charge is 0.161 e. The largest absolute Gasteiger partial charge is 0.493 e. The number of hydrogen-bond donors (Lipinski definition) is 1. The minimum Gasteiger partial charge on any atom is -0.493 e. The molecule has 0 spiro atoms. The predicted molar refractivity (Wildman–Crippen MR) is 118 cm³/mol. The van der Waals surface area contributed by atoms with Crippen molar-refractivity contribution in [2.24, 2.45) is 5.92 Å². The van der Waals surface area contributed by atoms with Gasteiger partial charge in [0, 0.05) is 23.6 Å². The molecule has 0 saturated heterocycles. The van der Waals surface area contributed by atoms with E-state index in [0.29, 0.717) is 17.9 Å². The van der Waals surface area contributed by atoms with Crippen LogP contribution in [0.2, 0.25) is 0 Å². The van der Waals surface area contributed by atoms with E-state index in [1.165, 1.54) is 0 Å². The van der Waals surface area contributed by atoms with Crippen LogP contribution in [0.25, 0.3) is 5.69 Å². The molecular formula is C25H28N2O4. The maximum atomic E-state index is 12.8. The van der Waals surface area contributed by atoms with Crippen molar-refractivity contribution in [3.05, 3.63) is 71.0 Å². The van der Waals surface area contributed by atoms with Crippen LogP contribution < -0.4 is 9.47 Å². The van der Waals surface area contributed by atoms with Gasteiger partial charge in [0.05, 0.1) is 37.1 Å². The summed E-state index contributed by atoms with van der Waals surface area (Å²) in [6.07, 6.45) is 0.317. The molecule has 31 heavy (non-hydrogen) atoms. The van der Waals surface area contributed by atoms with Gasteiger partial charge in [-0.2, -0.15) is 5.10 Å². The Labute approximate surface area is 182 Å². The van der Waals surface area contributed by atoms with E-state index in [2.05, 4.69) is 0 Å². The first-order valence-corrected chi connectivity index (χ1v) is 10.4. The molecule has 1 aliphatic rings. The summed E-state index contributed by atoms with van der Waals surface area (Å²) in [6, 6.07) is 15.6. The Kier molecular flexibility index (Phi) is 5.35. The summed E-state index contributed by atoms with van der Waals surface area (Å²) >= 11 is 0. The van der Waals surface area contributed by atoms with Gasteiger partial charge in [0.25, 0.3) is 0 Å². The van der Waals surface area contributed by atoms with E-state index in [1.54, 1.807) is 28.1 Å². The number of aliphatic hydroxyl groups is 1. The monoisotopic (exact) mass is 420 g/mol. The average Bonchev–Trinajstić information content (AvgIpc) is 3.07. The number of Topliss-reactive ketones (excluding diaryl/α,β-unsaturated/α-hetero) is 1. The van der Waals surface area contributed by atoms with Gasteiger partial charge in [-0.15, -0.1) is 0 Å². The van der Waals surface area contributed by atoms with E-state index in [-0.39, 0.29) is 11.7 Å². The molecule has 2 aromatic carbocycles.